The second-order valence-electron chi connectivity index (χ2n) is 3.27. The van der Waals surface area contributed by atoms with E-state index in [4.69, 9.17) is 9.84 Å². The van der Waals surface area contributed by atoms with Crippen molar-refractivity contribution in [2.45, 2.75) is 26.4 Å². The summed E-state index contributed by atoms with van der Waals surface area (Å²) in [6.07, 6.45) is 1.79. The van der Waals surface area contributed by atoms with Gasteiger partial charge in [-0.2, -0.15) is 0 Å². The van der Waals surface area contributed by atoms with Crippen LogP contribution in [0.2, 0.25) is 0 Å². The minimum Gasteiger partial charge on any atom is -0.516 e. The fourth-order valence-corrected chi connectivity index (χ4v) is 0.509. The molecule has 0 spiro atoms. The van der Waals surface area contributed by atoms with Crippen LogP contribution in [-0.2, 0) is 4.74 Å². The molecule has 0 saturated heterocycles. The topological polar surface area (TPSA) is 58.6 Å². The molecule has 0 aromatic carbocycles. The number of amides is 1. The number of aliphatic hydroxyl groups excluding tert-OH is 1. The number of aliphatic hydroxyl groups is 1. The summed E-state index contributed by atoms with van der Waals surface area (Å²) in [5, 5.41) is 10.7. The highest BCUT2D eigenvalue weighted by Crippen LogP contribution is 2.05. The van der Waals surface area contributed by atoms with Gasteiger partial charge in [-0.25, -0.2) is 4.79 Å². The lowest BCUT2D eigenvalue weighted by Crippen LogP contribution is -2.32. The van der Waals surface area contributed by atoms with E-state index in [1.807, 2.05) is 0 Å². The zero-order valence-electron chi connectivity index (χ0n) is 7.63. The summed E-state index contributed by atoms with van der Waals surface area (Å²) < 4.78 is 4.92. The van der Waals surface area contributed by atoms with Gasteiger partial charge in [-0.05, 0) is 26.8 Å². The molecule has 0 unspecified atom stereocenters. The lowest BCUT2D eigenvalue weighted by molar-refractivity contribution is 0.0534. The fraction of sp³-hybridized carbons (Fsp3) is 0.625. The predicted molar refractivity (Wildman–Crippen MR) is 46.0 cm³/mol. The average Bonchev–Trinajstić information content (AvgIpc) is 1.84. The van der Waals surface area contributed by atoms with Gasteiger partial charge >= 0.3 is 6.09 Å². The number of rotatable bonds is 2. The summed E-state index contributed by atoms with van der Waals surface area (Å²) >= 11 is 0. The van der Waals surface area contributed by atoms with E-state index in [0.29, 0.717) is 0 Å². The van der Waals surface area contributed by atoms with E-state index < -0.39 is 11.7 Å². The Morgan fingerprint density at radius 2 is 2.17 bits per heavy atom. The molecule has 4 nitrogen and oxygen atoms in total. The van der Waals surface area contributed by atoms with Crippen LogP contribution in [-0.4, -0.2) is 23.3 Å². The van der Waals surface area contributed by atoms with Crippen LogP contribution in [0.5, 0.6) is 0 Å². The van der Waals surface area contributed by atoms with E-state index in [9.17, 15) is 4.79 Å². The Kier molecular flexibility index (Phi) is 4.18. The third kappa shape index (κ3) is 6.92. The first kappa shape index (κ1) is 10.8. The van der Waals surface area contributed by atoms with Gasteiger partial charge in [0.2, 0.25) is 0 Å². The number of hydrogen-bond donors (Lipinski definition) is 2. The van der Waals surface area contributed by atoms with Crippen molar-refractivity contribution in [1.82, 2.24) is 5.32 Å². The van der Waals surface area contributed by atoms with Crippen LogP contribution in [0, 0.1) is 0 Å². The SMILES string of the molecule is CC(C)(C)OC(=O)NCC=CO. The van der Waals surface area contributed by atoms with Crippen molar-refractivity contribution in [3.63, 3.8) is 0 Å². The van der Waals surface area contributed by atoms with Crippen molar-refractivity contribution in [3.8, 4) is 0 Å². The van der Waals surface area contributed by atoms with Gasteiger partial charge in [0.1, 0.15) is 5.60 Å². The van der Waals surface area contributed by atoms with Crippen molar-refractivity contribution >= 4 is 6.09 Å². The van der Waals surface area contributed by atoms with Crippen molar-refractivity contribution in [2.24, 2.45) is 0 Å². The van der Waals surface area contributed by atoms with E-state index in [1.54, 1.807) is 20.8 Å². The molecule has 0 aliphatic rings. The number of nitrogens with one attached hydrogen (secondary N) is 1. The smallest absolute Gasteiger partial charge is 0.407 e. The first-order valence-electron chi connectivity index (χ1n) is 3.72. The number of alkyl carbamates (subject to hydrolysis) is 1. The van der Waals surface area contributed by atoms with Gasteiger partial charge < -0.3 is 15.2 Å². The highest BCUT2D eigenvalue weighted by molar-refractivity contribution is 5.67. The summed E-state index contributed by atoms with van der Waals surface area (Å²) in [7, 11) is 0. The van der Waals surface area contributed by atoms with Gasteiger partial charge in [0, 0.05) is 6.54 Å². The standard InChI is InChI=1S/C8H15NO3/c1-8(2,3)12-7(11)9-5-4-6-10/h4,6,10H,5H2,1-3H3,(H,9,11). The van der Waals surface area contributed by atoms with Gasteiger partial charge in [-0.15, -0.1) is 0 Å². The van der Waals surface area contributed by atoms with E-state index in [0.717, 1.165) is 6.26 Å². The minimum atomic E-state index is -0.486. The molecule has 0 fully saturated rings. The highest BCUT2D eigenvalue weighted by Gasteiger charge is 2.14. The summed E-state index contributed by atoms with van der Waals surface area (Å²) in [6, 6.07) is 0. The lowest BCUT2D eigenvalue weighted by Gasteiger charge is -2.19. The molecule has 0 bridgehead atoms. The van der Waals surface area contributed by atoms with E-state index in [-0.39, 0.29) is 6.54 Å². The first-order chi connectivity index (χ1) is 5.45. The summed E-state index contributed by atoms with van der Waals surface area (Å²) in [4.78, 5) is 10.9. The van der Waals surface area contributed by atoms with Crippen molar-refractivity contribution < 1.29 is 14.6 Å². The largest absolute Gasteiger partial charge is 0.516 e. The predicted octanol–water partition coefficient (Wildman–Crippen LogP) is 1.58. The number of ether oxygens (including phenoxy) is 1. The quantitative estimate of drug-likeness (QED) is 0.623. The van der Waals surface area contributed by atoms with Crippen molar-refractivity contribution in [1.29, 1.82) is 0 Å². The second kappa shape index (κ2) is 4.64. The van der Waals surface area contributed by atoms with Crippen LogP contribution in [0.25, 0.3) is 0 Å². The minimum absolute atomic E-state index is 0.269. The van der Waals surface area contributed by atoms with Gasteiger partial charge in [0.15, 0.2) is 0 Å². The Bertz CT molecular complexity index is 170. The van der Waals surface area contributed by atoms with Crippen LogP contribution in [0.4, 0.5) is 4.79 Å². The van der Waals surface area contributed by atoms with Gasteiger partial charge in [0.25, 0.3) is 0 Å². The maximum atomic E-state index is 10.9. The normalized spacial score (nSPS) is 11.6. The third-order valence-corrected chi connectivity index (χ3v) is 0.869. The zero-order valence-corrected chi connectivity index (χ0v) is 7.63. The van der Waals surface area contributed by atoms with Crippen LogP contribution >= 0.6 is 0 Å². The van der Waals surface area contributed by atoms with Gasteiger partial charge in [-0.1, -0.05) is 0 Å². The van der Waals surface area contributed by atoms with Gasteiger partial charge in [-0.3, -0.25) is 0 Å². The third-order valence-electron chi connectivity index (χ3n) is 0.869. The summed E-state index contributed by atoms with van der Waals surface area (Å²) in [5.74, 6) is 0. The second-order valence-corrected chi connectivity index (χ2v) is 3.27. The molecule has 0 aromatic rings. The molecule has 0 atom stereocenters. The lowest BCUT2D eigenvalue weighted by atomic mass is 10.2. The van der Waals surface area contributed by atoms with Gasteiger partial charge in [0.05, 0.1) is 6.26 Å². The van der Waals surface area contributed by atoms with Crippen molar-refractivity contribution in [2.75, 3.05) is 6.54 Å². The zero-order chi connectivity index (χ0) is 9.61. The molecule has 0 saturated carbocycles. The highest BCUT2D eigenvalue weighted by atomic mass is 16.6. The molecular weight excluding hydrogens is 158 g/mol. The Labute approximate surface area is 72.2 Å². The number of carbonyl (C=O) groups is 1. The number of hydrogen-bond acceptors (Lipinski definition) is 3. The van der Waals surface area contributed by atoms with Crippen LogP contribution < -0.4 is 5.32 Å². The molecule has 2 N–H and O–H groups in total. The van der Waals surface area contributed by atoms with Crippen LogP contribution in [0.3, 0.4) is 0 Å². The molecule has 0 aromatic heterocycles. The Hall–Kier alpha value is -1.19. The molecule has 0 radical (unpaired) electrons. The maximum Gasteiger partial charge on any atom is 0.407 e. The Morgan fingerprint density at radius 1 is 1.58 bits per heavy atom. The molecule has 1 amide bonds. The molecular formula is C8H15NO3. The number of carbonyl (C=O) groups excluding carboxylic acids is 1. The maximum absolute atomic E-state index is 10.9. The molecule has 4 heteroatoms. The van der Waals surface area contributed by atoms with E-state index >= 15 is 0 Å². The fourth-order valence-electron chi connectivity index (χ4n) is 0.509. The molecule has 12 heavy (non-hydrogen) atoms. The molecule has 70 valence electrons. The van der Waals surface area contributed by atoms with Crippen LogP contribution in [0.15, 0.2) is 12.3 Å². The Balaban J connectivity index is 3.61. The molecule has 0 aliphatic carbocycles. The monoisotopic (exact) mass is 173 g/mol. The summed E-state index contributed by atoms with van der Waals surface area (Å²) in [6.45, 7) is 5.63. The van der Waals surface area contributed by atoms with Crippen LogP contribution in [0.1, 0.15) is 20.8 Å². The average molecular weight is 173 g/mol. The Morgan fingerprint density at radius 3 is 2.58 bits per heavy atom. The first-order valence-corrected chi connectivity index (χ1v) is 3.72. The van der Waals surface area contributed by atoms with E-state index in [1.165, 1.54) is 6.08 Å². The molecule has 0 heterocycles. The van der Waals surface area contributed by atoms with E-state index in [2.05, 4.69) is 5.32 Å². The molecule has 0 rings (SSSR count). The molecule has 0 aliphatic heterocycles. The summed E-state index contributed by atoms with van der Waals surface area (Å²) in [5.41, 5.74) is -0.479. The van der Waals surface area contributed by atoms with Crippen molar-refractivity contribution in [3.05, 3.63) is 12.3 Å².